The molecule has 0 atom stereocenters. The van der Waals surface area contributed by atoms with Crippen molar-refractivity contribution in [2.24, 2.45) is 5.73 Å². The molecule has 1 saturated carbocycles. The van der Waals surface area contributed by atoms with Crippen molar-refractivity contribution in [1.29, 1.82) is 0 Å². The van der Waals surface area contributed by atoms with Crippen molar-refractivity contribution < 1.29 is 0 Å². The van der Waals surface area contributed by atoms with Gasteiger partial charge < -0.3 is 10.6 Å². The summed E-state index contributed by atoms with van der Waals surface area (Å²) in [5.74, 6) is 0. The molecule has 1 aliphatic carbocycles. The molecular formula is C13H21BrN2S. The topological polar surface area (TPSA) is 29.3 Å². The van der Waals surface area contributed by atoms with Crippen LogP contribution >= 0.6 is 27.3 Å². The summed E-state index contributed by atoms with van der Waals surface area (Å²) in [4.78, 5) is 3.98. The number of halogens is 1. The van der Waals surface area contributed by atoms with Crippen LogP contribution in [0.5, 0.6) is 0 Å². The molecule has 0 bridgehead atoms. The van der Waals surface area contributed by atoms with Crippen molar-refractivity contribution >= 4 is 27.3 Å². The van der Waals surface area contributed by atoms with E-state index in [1.165, 1.54) is 35.0 Å². The quantitative estimate of drug-likeness (QED) is 0.923. The second-order valence-electron chi connectivity index (χ2n) is 5.03. The van der Waals surface area contributed by atoms with E-state index in [1.807, 2.05) is 11.3 Å². The molecule has 17 heavy (non-hydrogen) atoms. The van der Waals surface area contributed by atoms with Gasteiger partial charge in [-0.2, -0.15) is 0 Å². The lowest BCUT2D eigenvalue weighted by Gasteiger charge is -2.33. The number of hydrogen-bond acceptors (Lipinski definition) is 3. The normalized spacial score (nSPS) is 25.4. The molecule has 1 aromatic rings. The van der Waals surface area contributed by atoms with Crippen LogP contribution in [0.1, 0.15) is 30.6 Å². The minimum atomic E-state index is 0.452. The van der Waals surface area contributed by atoms with Gasteiger partial charge in [0.05, 0.1) is 0 Å². The maximum atomic E-state index is 5.94. The molecule has 1 aliphatic rings. The van der Waals surface area contributed by atoms with Gasteiger partial charge in [0.2, 0.25) is 0 Å². The van der Waals surface area contributed by atoms with Crippen LogP contribution in [0.25, 0.3) is 0 Å². The zero-order valence-electron chi connectivity index (χ0n) is 10.4. The monoisotopic (exact) mass is 316 g/mol. The highest BCUT2D eigenvalue weighted by Crippen LogP contribution is 2.23. The Morgan fingerprint density at radius 2 is 2.12 bits per heavy atom. The fraction of sp³-hybridized carbons (Fsp3) is 0.692. The third-order valence-electron chi connectivity index (χ3n) is 3.70. The van der Waals surface area contributed by atoms with Gasteiger partial charge in [0, 0.05) is 33.4 Å². The van der Waals surface area contributed by atoms with E-state index in [-0.39, 0.29) is 0 Å². The predicted octanol–water partition coefficient (Wildman–Crippen LogP) is 3.25. The van der Waals surface area contributed by atoms with Gasteiger partial charge in [-0.05, 0) is 61.1 Å². The van der Waals surface area contributed by atoms with E-state index in [0.717, 1.165) is 19.0 Å². The zero-order valence-corrected chi connectivity index (χ0v) is 12.8. The lowest BCUT2D eigenvalue weighted by Crippen LogP contribution is -2.39. The minimum Gasteiger partial charge on any atom is -0.328 e. The average molecular weight is 317 g/mol. The zero-order chi connectivity index (χ0) is 12.3. The Hall–Kier alpha value is 0.1000. The molecule has 2 rings (SSSR count). The maximum absolute atomic E-state index is 5.94. The highest BCUT2D eigenvalue weighted by molar-refractivity contribution is 9.10. The summed E-state index contributed by atoms with van der Waals surface area (Å²) in [5, 5.41) is 2.16. The van der Waals surface area contributed by atoms with E-state index >= 15 is 0 Å². The summed E-state index contributed by atoms with van der Waals surface area (Å²) in [7, 11) is 2.25. The summed E-state index contributed by atoms with van der Waals surface area (Å²) in [6.07, 6.45) is 6.09. The lowest BCUT2D eigenvalue weighted by atomic mass is 9.91. The average Bonchev–Trinajstić information content (AvgIpc) is 2.73. The third kappa shape index (κ3) is 4.05. The van der Waals surface area contributed by atoms with Crippen molar-refractivity contribution in [3.63, 3.8) is 0 Å². The predicted molar refractivity (Wildman–Crippen MR) is 78.6 cm³/mol. The van der Waals surface area contributed by atoms with Crippen molar-refractivity contribution in [1.82, 2.24) is 4.90 Å². The first-order valence-electron chi connectivity index (χ1n) is 6.34. The van der Waals surface area contributed by atoms with Gasteiger partial charge in [0.25, 0.3) is 0 Å². The van der Waals surface area contributed by atoms with Crippen LogP contribution in [-0.4, -0.2) is 30.6 Å². The van der Waals surface area contributed by atoms with E-state index in [9.17, 15) is 0 Å². The van der Waals surface area contributed by atoms with Crippen LogP contribution in [0.2, 0.25) is 0 Å². The number of rotatable bonds is 4. The molecule has 2 N–H and O–H groups in total. The number of hydrogen-bond donors (Lipinski definition) is 1. The van der Waals surface area contributed by atoms with Crippen molar-refractivity contribution in [3.8, 4) is 0 Å². The molecule has 0 amide bonds. The molecule has 0 radical (unpaired) electrons. The van der Waals surface area contributed by atoms with Gasteiger partial charge in [-0.1, -0.05) is 0 Å². The largest absolute Gasteiger partial charge is 0.328 e. The molecule has 0 aliphatic heterocycles. The molecule has 1 fully saturated rings. The second kappa shape index (κ2) is 6.32. The molecule has 0 aromatic carbocycles. The van der Waals surface area contributed by atoms with Gasteiger partial charge >= 0.3 is 0 Å². The molecule has 0 saturated heterocycles. The van der Waals surface area contributed by atoms with E-state index in [4.69, 9.17) is 5.73 Å². The molecule has 1 heterocycles. The van der Waals surface area contributed by atoms with E-state index in [1.54, 1.807) is 0 Å². The van der Waals surface area contributed by atoms with Crippen LogP contribution in [0, 0.1) is 0 Å². The Morgan fingerprint density at radius 3 is 2.71 bits per heavy atom. The van der Waals surface area contributed by atoms with Crippen molar-refractivity contribution in [2.45, 2.75) is 44.2 Å². The molecule has 96 valence electrons. The molecule has 0 spiro atoms. The van der Waals surface area contributed by atoms with Crippen LogP contribution in [0.4, 0.5) is 0 Å². The molecular weight excluding hydrogens is 296 g/mol. The second-order valence-corrected chi connectivity index (χ2v) is 6.94. The number of nitrogens with two attached hydrogens (primary N) is 1. The van der Waals surface area contributed by atoms with Crippen LogP contribution in [-0.2, 0) is 6.42 Å². The van der Waals surface area contributed by atoms with E-state index in [0.29, 0.717) is 6.04 Å². The fourth-order valence-electron chi connectivity index (χ4n) is 2.50. The number of nitrogens with zero attached hydrogens (tertiary/aromatic N) is 1. The first-order valence-corrected chi connectivity index (χ1v) is 8.01. The van der Waals surface area contributed by atoms with Gasteiger partial charge in [0.1, 0.15) is 0 Å². The van der Waals surface area contributed by atoms with Crippen molar-refractivity contribution in [2.75, 3.05) is 13.6 Å². The van der Waals surface area contributed by atoms with Gasteiger partial charge in [-0.3, -0.25) is 0 Å². The third-order valence-corrected chi connectivity index (χ3v) is 5.45. The van der Waals surface area contributed by atoms with E-state index < -0.39 is 0 Å². The van der Waals surface area contributed by atoms with Gasteiger partial charge in [0.15, 0.2) is 0 Å². The van der Waals surface area contributed by atoms with Crippen LogP contribution < -0.4 is 5.73 Å². The smallest absolute Gasteiger partial charge is 0.0285 e. The Balaban J connectivity index is 1.75. The SMILES string of the molecule is CN(CCc1cc(Br)cs1)C1CCC(N)CC1. The summed E-state index contributed by atoms with van der Waals surface area (Å²) in [5.41, 5.74) is 5.94. The Labute approximate surface area is 116 Å². The van der Waals surface area contributed by atoms with Gasteiger partial charge in [-0.25, -0.2) is 0 Å². The Kier molecular flexibility index (Phi) is 5.03. The number of thiophene rings is 1. The molecule has 0 unspecified atom stereocenters. The summed E-state index contributed by atoms with van der Waals surface area (Å²) >= 11 is 5.35. The Bertz CT molecular complexity index is 345. The standard InChI is InChI=1S/C13H21BrN2S/c1-16(12-4-2-11(15)3-5-12)7-6-13-8-10(14)9-17-13/h8-9,11-12H,2-7,15H2,1H3. The molecule has 1 aromatic heterocycles. The summed E-state index contributed by atoms with van der Waals surface area (Å²) in [6, 6.07) is 3.43. The molecule has 2 nitrogen and oxygen atoms in total. The fourth-order valence-corrected chi connectivity index (χ4v) is 3.94. The van der Waals surface area contributed by atoms with Crippen LogP contribution in [0.15, 0.2) is 15.9 Å². The highest BCUT2D eigenvalue weighted by Gasteiger charge is 2.21. The minimum absolute atomic E-state index is 0.452. The first-order chi connectivity index (χ1) is 8.15. The lowest BCUT2D eigenvalue weighted by molar-refractivity contribution is 0.185. The van der Waals surface area contributed by atoms with Crippen molar-refractivity contribution in [3.05, 3.63) is 20.8 Å². The summed E-state index contributed by atoms with van der Waals surface area (Å²) in [6.45, 7) is 1.16. The highest BCUT2D eigenvalue weighted by atomic mass is 79.9. The summed E-state index contributed by atoms with van der Waals surface area (Å²) < 4.78 is 1.21. The number of likely N-dealkylation sites (N-methyl/N-ethyl adjacent to an activating group) is 1. The Morgan fingerprint density at radius 1 is 1.41 bits per heavy atom. The van der Waals surface area contributed by atoms with Gasteiger partial charge in [-0.15, -0.1) is 11.3 Å². The maximum Gasteiger partial charge on any atom is 0.0285 e. The first kappa shape index (κ1) is 13.5. The van der Waals surface area contributed by atoms with Crippen LogP contribution in [0.3, 0.4) is 0 Å². The molecule has 4 heteroatoms. The van der Waals surface area contributed by atoms with E-state index in [2.05, 4.69) is 39.3 Å².